The van der Waals surface area contributed by atoms with Gasteiger partial charge in [0.2, 0.25) is 0 Å². The van der Waals surface area contributed by atoms with E-state index in [1.807, 2.05) is 0 Å². The van der Waals surface area contributed by atoms with E-state index in [0.717, 1.165) is 25.0 Å². The van der Waals surface area contributed by atoms with Crippen LogP contribution in [0.1, 0.15) is 31.7 Å². The molecule has 0 fully saturated rings. The molecule has 1 aromatic carbocycles. The van der Waals surface area contributed by atoms with Crippen molar-refractivity contribution in [2.24, 2.45) is 0 Å². The average molecular weight is 318 g/mol. The maximum atomic E-state index is 12.4. The van der Waals surface area contributed by atoms with Crippen molar-refractivity contribution in [2.75, 3.05) is 25.1 Å². The van der Waals surface area contributed by atoms with Crippen molar-refractivity contribution in [1.29, 1.82) is 0 Å². The predicted molar refractivity (Wildman–Crippen MR) is 78.8 cm³/mol. The number of rotatable bonds is 8. The number of benzene rings is 1. The van der Waals surface area contributed by atoms with Crippen LogP contribution < -0.4 is 10.6 Å². The van der Waals surface area contributed by atoms with Gasteiger partial charge in [-0.05, 0) is 37.1 Å². The number of carbonyl (C=O) groups excluding carboxylic acids is 1. The Morgan fingerprint density at radius 3 is 2.36 bits per heavy atom. The summed E-state index contributed by atoms with van der Waals surface area (Å²) in [7, 11) is 0. The number of unbranched alkanes of at least 4 members (excludes halogenated alkanes) is 1. The lowest BCUT2D eigenvalue weighted by molar-refractivity contribution is -0.137. The summed E-state index contributed by atoms with van der Waals surface area (Å²) in [6, 6.07) is 3.84. The summed E-state index contributed by atoms with van der Waals surface area (Å²) in [4.78, 5) is 11.5. The molecule has 4 nitrogen and oxygen atoms in total. The van der Waals surface area contributed by atoms with Crippen molar-refractivity contribution >= 4 is 11.7 Å². The van der Waals surface area contributed by atoms with Crippen LogP contribution in [0, 0.1) is 0 Å². The summed E-state index contributed by atoms with van der Waals surface area (Å²) in [5.41, 5.74) is -0.438. The van der Waals surface area contributed by atoms with Crippen LogP contribution in [0.15, 0.2) is 24.3 Å². The van der Waals surface area contributed by atoms with E-state index in [0.29, 0.717) is 31.9 Å². The SMILES string of the molecule is CCCCOCCCNC(=O)Nc1ccc(C(F)(F)F)cc1. The molecule has 2 amide bonds. The molecule has 7 heteroatoms. The predicted octanol–water partition coefficient (Wildman–Crippen LogP) is 4.03. The minimum atomic E-state index is -4.38. The van der Waals surface area contributed by atoms with Crippen LogP contribution in [0.3, 0.4) is 0 Å². The fraction of sp³-hybridized carbons (Fsp3) is 0.533. The molecule has 1 rings (SSSR count). The molecule has 0 spiro atoms. The molecule has 0 saturated carbocycles. The van der Waals surface area contributed by atoms with Crippen molar-refractivity contribution in [3.05, 3.63) is 29.8 Å². The Morgan fingerprint density at radius 1 is 1.14 bits per heavy atom. The van der Waals surface area contributed by atoms with Gasteiger partial charge >= 0.3 is 12.2 Å². The van der Waals surface area contributed by atoms with Gasteiger partial charge in [0, 0.05) is 25.4 Å². The number of halogens is 3. The number of alkyl halides is 3. The first kappa shape index (κ1) is 18.3. The number of nitrogens with one attached hydrogen (secondary N) is 2. The molecule has 0 saturated heterocycles. The van der Waals surface area contributed by atoms with E-state index in [1.54, 1.807) is 0 Å². The van der Waals surface area contributed by atoms with Gasteiger partial charge in [0.25, 0.3) is 0 Å². The summed E-state index contributed by atoms with van der Waals surface area (Å²) < 4.78 is 42.5. The molecular formula is C15H21F3N2O2. The van der Waals surface area contributed by atoms with Crippen LogP contribution in [0.5, 0.6) is 0 Å². The van der Waals surface area contributed by atoms with Crippen LogP contribution in [-0.4, -0.2) is 25.8 Å². The Bertz CT molecular complexity index is 447. The van der Waals surface area contributed by atoms with Gasteiger partial charge in [-0.25, -0.2) is 4.79 Å². The van der Waals surface area contributed by atoms with E-state index in [-0.39, 0.29) is 0 Å². The third kappa shape index (κ3) is 7.31. The molecule has 0 aliphatic heterocycles. The Kier molecular flexibility index (Phi) is 7.73. The van der Waals surface area contributed by atoms with Crippen LogP contribution in [0.25, 0.3) is 0 Å². The summed E-state index contributed by atoms with van der Waals surface area (Å²) in [6.07, 6.45) is -1.60. The number of carbonyl (C=O) groups is 1. The van der Waals surface area contributed by atoms with E-state index in [4.69, 9.17) is 4.74 Å². The molecule has 2 N–H and O–H groups in total. The molecule has 0 aliphatic rings. The first-order valence-corrected chi connectivity index (χ1v) is 7.23. The highest BCUT2D eigenvalue weighted by Gasteiger charge is 2.29. The fourth-order valence-corrected chi connectivity index (χ4v) is 1.64. The van der Waals surface area contributed by atoms with Gasteiger partial charge in [-0.15, -0.1) is 0 Å². The molecule has 0 atom stereocenters. The summed E-state index contributed by atoms with van der Waals surface area (Å²) in [5.74, 6) is 0. The number of ether oxygens (including phenoxy) is 1. The van der Waals surface area contributed by atoms with Crippen molar-refractivity contribution < 1.29 is 22.7 Å². The molecule has 0 aliphatic carbocycles. The first-order chi connectivity index (χ1) is 10.4. The molecule has 1 aromatic rings. The maximum absolute atomic E-state index is 12.4. The third-order valence-electron chi connectivity index (χ3n) is 2.86. The number of hydrogen-bond acceptors (Lipinski definition) is 2. The van der Waals surface area contributed by atoms with E-state index in [9.17, 15) is 18.0 Å². The Labute approximate surface area is 128 Å². The van der Waals surface area contributed by atoms with E-state index in [2.05, 4.69) is 17.6 Å². The molecule has 0 unspecified atom stereocenters. The topological polar surface area (TPSA) is 50.4 Å². The number of hydrogen-bond donors (Lipinski definition) is 2. The van der Waals surface area contributed by atoms with Gasteiger partial charge in [-0.3, -0.25) is 0 Å². The molecule has 0 aromatic heterocycles. The van der Waals surface area contributed by atoms with Crippen LogP contribution in [0.2, 0.25) is 0 Å². The summed E-state index contributed by atoms with van der Waals surface area (Å²) in [6.45, 7) is 3.81. The average Bonchev–Trinajstić information content (AvgIpc) is 2.46. The van der Waals surface area contributed by atoms with Gasteiger partial charge in [0.1, 0.15) is 0 Å². The molecule has 0 bridgehead atoms. The summed E-state index contributed by atoms with van der Waals surface area (Å²) in [5, 5.41) is 5.09. The molecule has 0 heterocycles. The molecule has 22 heavy (non-hydrogen) atoms. The highest BCUT2D eigenvalue weighted by atomic mass is 19.4. The first-order valence-electron chi connectivity index (χ1n) is 7.23. The molecule has 0 radical (unpaired) electrons. The van der Waals surface area contributed by atoms with Crippen LogP contribution >= 0.6 is 0 Å². The second kappa shape index (κ2) is 9.30. The minimum absolute atomic E-state index is 0.310. The highest BCUT2D eigenvalue weighted by molar-refractivity contribution is 5.89. The second-order valence-electron chi connectivity index (χ2n) is 4.78. The van der Waals surface area contributed by atoms with Crippen molar-refractivity contribution in [2.45, 2.75) is 32.4 Å². The second-order valence-corrected chi connectivity index (χ2v) is 4.78. The normalized spacial score (nSPS) is 11.3. The van der Waals surface area contributed by atoms with Gasteiger partial charge in [0.05, 0.1) is 5.56 Å². The maximum Gasteiger partial charge on any atom is 0.416 e. The standard InChI is InChI=1S/C15H21F3N2O2/c1-2-3-10-22-11-4-9-19-14(21)20-13-7-5-12(6-8-13)15(16,17)18/h5-8H,2-4,9-11H2,1H3,(H2,19,20,21). The zero-order chi connectivity index (χ0) is 16.4. The van der Waals surface area contributed by atoms with Gasteiger partial charge in [0.15, 0.2) is 0 Å². The third-order valence-corrected chi connectivity index (χ3v) is 2.86. The zero-order valence-corrected chi connectivity index (χ0v) is 12.5. The lowest BCUT2D eigenvalue weighted by Gasteiger charge is -2.10. The van der Waals surface area contributed by atoms with Gasteiger partial charge < -0.3 is 15.4 Å². The quantitative estimate of drug-likeness (QED) is 0.711. The van der Waals surface area contributed by atoms with E-state index in [1.165, 1.54) is 12.1 Å². The zero-order valence-electron chi connectivity index (χ0n) is 12.5. The lowest BCUT2D eigenvalue weighted by atomic mass is 10.2. The van der Waals surface area contributed by atoms with Crippen molar-refractivity contribution in [1.82, 2.24) is 5.32 Å². The number of amides is 2. The smallest absolute Gasteiger partial charge is 0.381 e. The van der Waals surface area contributed by atoms with E-state index < -0.39 is 17.8 Å². The van der Waals surface area contributed by atoms with Crippen LogP contribution in [-0.2, 0) is 10.9 Å². The van der Waals surface area contributed by atoms with Crippen molar-refractivity contribution in [3.63, 3.8) is 0 Å². The Balaban J connectivity index is 2.22. The Hall–Kier alpha value is -1.76. The van der Waals surface area contributed by atoms with Crippen molar-refractivity contribution in [3.8, 4) is 0 Å². The van der Waals surface area contributed by atoms with Gasteiger partial charge in [-0.2, -0.15) is 13.2 Å². The molecule has 124 valence electrons. The van der Waals surface area contributed by atoms with E-state index >= 15 is 0 Å². The minimum Gasteiger partial charge on any atom is -0.381 e. The molecular weight excluding hydrogens is 297 g/mol. The summed E-state index contributed by atoms with van der Waals surface area (Å²) >= 11 is 0. The van der Waals surface area contributed by atoms with Gasteiger partial charge in [-0.1, -0.05) is 13.3 Å². The monoisotopic (exact) mass is 318 g/mol. The Morgan fingerprint density at radius 2 is 1.77 bits per heavy atom. The largest absolute Gasteiger partial charge is 0.416 e. The fourth-order valence-electron chi connectivity index (χ4n) is 1.64. The number of urea groups is 1. The highest BCUT2D eigenvalue weighted by Crippen LogP contribution is 2.29. The number of anilines is 1. The lowest BCUT2D eigenvalue weighted by Crippen LogP contribution is -2.30. The van der Waals surface area contributed by atoms with Crippen LogP contribution in [0.4, 0.5) is 23.7 Å².